The molecule has 0 heterocycles. The number of quaternary nitrogens is 1. The van der Waals surface area contributed by atoms with E-state index in [1.54, 1.807) is 0 Å². The van der Waals surface area contributed by atoms with Crippen LogP contribution in [0.2, 0.25) is 0 Å². The number of carboxylic acids is 1. The van der Waals surface area contributed by atoms with E-state index in [0.717, 1.165) is 103 Å². The van der Waals surface area contributed by atoms with Crippen LogP contribution in [0, 0.1) is 0 Å². The van der Waals surface area contributed by atoms with E-state index in [2.05, 4.69) is 86.8 Å². The molecule has 2 unspecified atom stereocenters. The summed E-state index contributed by atoms with van der Waals surface area (Å²) < 4.78 is 22.6. The van der Waals surface area contributed by atoms with Crippen LogP contribution < -0.4 is 5.11 Å². The van der Waals surface area contributed by atoms with Gasteiger partial charge >= 0.3 is 11.9 Å². The Morgan fingerprint density at radius 1 is 0.492 bits per heavy atom. The van der Waals surface area contributed by atoms with Gasteiger partial charge in [0.25, 0.3) is 0 Å². The highest BCUT2D eigenvalue weighted by Gasteiger charge is 2.21. The molecule has 0 aliphatic rings. The van der Waals surface area contributed by atoms with E-state index in [1.165, 1.54) is 57.8 Å². The number of aliphatic carboxylic acids is 1. The third kappa shape index (κ3) is 46.5. The number of rotatable bonds is 45. The Morgan fingerprint density at radius 2 is 0.905 bits per heavy atom. The van der Waals surface area contributed by atoms with Gasteiger partial charge in [-0.2, -0.15) is 0 Å². The van der Waals surface area contributed by atoms with Gasteiger partial charge in [0.2, 0.25) is 0 Å². The van der Waals surface area contributed by atoms with Gasteiger partial charge in [0.1, 0.15) is 13.2 Å². The molecule has 0 aliphatic heterocycles. The number of hydrogen-bond donors (Lipinski definition) is 0. The molecule has 0 N–H and O–H groups in total. The van der Waals surface area contributed by atoms with Gasteiger partial charge in [-0.25, -0.2) is 0 Å². The molecule has 0 aromatic rings. The van der Waals surface area contributed by atoms with Crippen molar-refractivity contribution < 1.29 is 42.9 Å². The van der Waals surface area contributed by atoms with E-state index in [4.69, 9.17) is 18.9 Å². The molecule has 0 fully saturated rings. The zero-order valence-corrected chi connectivity index (χ0v) is 40.9. The molecule has 0 saturated heterocycles. The number of carboxylic acid groups (broad SMARTS) is 1. The lowest BCUT2D eigenvalue weighted by atomic mass is 10.0. The predicted octanol–water partition coefficient (Wildman–Crippen LogP) is 12.6. The zero-order chi connectivity index (χ0) is 46.3. The first kappa shape index (κ1) is 59.7. The molecular weight excluding hydrogens is 791 g/mol. The summed E-state index contributed by atoms with van der Waals surface area (Å²) in [5, 5.41) is 11.7. The highest BCUT2D eigenvalue weighted by atomic mass is 16.7. The lowest BCUT2D eigenvalue weighted by Crippen LogP contribution is -2.44. The van der Waals surface area contributed by atoms with Crippen molar-refractivity contribution in [2.45, 2.75) is 206 Å². The van der Waals surface area contributed by atoms with Gasteiger partial charge in [-0.3, -0.25) is 9.59 Å². The largest absolute Gasteiger partial charge is 0.545 e. The number of likely N-dealkylation sites (N-methyl/N-ethyl adjacent to an activating group) is 1. The Morgan fingerprint density at radius 3 is 1.37 bits per heavy atom. The van der Waals surface area contributed by atoms with Gasteiger partial charge in [0, 0.05) is 12.8 Å². The average molecular weight is 884 g/mol. The van der Waals surface area contributed by atoms with Crippen molar-refractivity contribution in [3.63, 3.8) is 0 Å². The van der Waals surface area contributed by atoms with E-state index in [1.807, 2.05) is 21.1 Å². The molecule has 362 valence electrons. The van der Waals surface area contributed by atoms with Crippen molar-refractivity contribution in [1.29, 1.82) is 0 Å². The van der Waals surface area contributed by atoms with Crippen molar-refractivity contribution in [2.24, 2.45) is 0 Å². The number of esters is 2. The highest BCUT2D eigenvalue weighted by Crippen LogP contribution is 2.14. The molecule has 2 atom stereocenters. The molecule has 0 radical (unpaired) electrons. The first-order chi connectivity index (χ1) is 30.6. The fraction of sp³-hybridized carbons (Fsp3) is 0.722. The van der Waals surface area contributed by atoms with Gasteiger partial charge < -0.3 is 33.3 Å². The second-order valence-electron chi connectivity index (χ2n) is 17.7. The van der Waals surface area contributed by atoms with Crippen LogP contribution >= 0.6 is 0 Å². The minimum atomic E-state index is -1.62. The molecule has 0 aliphatic carbocycles. The summed E-state index contributed by atoms with van der Waals surface area (Å²) in [6, 6.07) is 0. The summed E-state index contributed by atoms with van der Waals surface area (Å²) >= 11 is 0. The predicted molar refractivity (Wildman–Crippen MR) is 260 cm³/mol. The van der Waals surface area contributed by atoms with Crippen molar-refractivity contribution in [2.75, 3.05) is 47.5 Å². The molecule has 0 aromatic heterocycles. The summed E-state index contributed by atoms with van der Waals surface area (Å²) in [4.78, 5) is 37.0. The third-order valence-corrected chi connectivity index (χ3v) is 10.4. The van der Waals surface area contributed by atoms with Crippen LogP contribution in [0.15, 0.2) is 72.9 Å². The van der Waals surface area contributed by atoms with Gasteiger partial charge in [-0.05, 0) is 77.0 Å². The van der Waals surface area contributed by atoms with Crippen LogP contribution in [-0.4, -0.2) is 82.3 Å². The van der Waals surface area contributed by atoms with Crippen LogP contribution in [0.1, 0.15) is 194 Å². The Labute approximate surface area is 386 Å². The smallest absolute Gasteiger partial charge is 0.306 e. The lowest BCUT2D eigenvalue weighted by Gasteiger charge is -2.26. The molecule has 0 rings (SSSR count). The van der Waals surface area contributed by atoms with Crippen molar-refractivity contribution in [1.82, 2.24) is 0 Å². The number of carbonyl (C=O) groups is 3. The fourth-order valence-corrected chi connectivity index (χ4v) is 6.54. The van der Waals surface area contributed by atoms with Gasteiger partial charge in [0.15, 0.2) is 12.4 Å². The number of ether oxygens (including phenoxy) is 4. The topological polar surface area (TPSA) is 111 Å². The van der Waals surface area contributed by atoms with Gasteiger partial charge in [-0.1, -0.05) is 177 Å². The van der Waals surface area contributed by atoms with Crippen LogP contribution in [-0.2, 0) is 33.3 Å². The van der Waals surface area contributed by atoms with Crippen molar-refractivity contribution in [3.8, 4) is 0 Å². The number of carbonyl (C=O) groups excluding carboxylic acids is 3. The Bertz CT molecular complexity index is 1260. The maximum atomic E-state index is 12.8. The van der Waals surface area contributed by atoms with E-state index in [9.17, 15) is 19.5 Å². The Balaban J connectivity index is 4.26. The molecule has 0 bridgehead atoms. The van der Waals surface area contributed by atoms with Crippen molar-refractivity contribution in [3.05, 3.63) is 72.9 Å². The fourth-order valence-electron chi connectivity index (χ4n) is 6.54. The van der Waals surface area contributed by atoms with Crippen LogP contribution in [0.5, 0.6) is 0 Å². The number of allylic oxidation sites excluding steroid dienone is 12. The normalized spacial score (nSPS) is 13.5. The summed E-state index contributed by atoms with van der Waals surface area (Å²) in [6.07, 6.45) is 53.7. The highest BCUT2D eigenvalue weighted by molar-refractivity contribution is 5.70. The number of nitrogens with zero attached hydrogens (tertiary/aromatic N) is 1. The van der Waals surface area contributed by atoms with Crippen molar-refractivity contribution >= 4 is 17.9 Å². The van der Waals surface area contributed by atoms with Crippen LogP contribution in [0.25, 0.3) is 0 Å². The second kappa shape index (κ2) is 45.3. The summed E-state index contributed by atoms with van der Waals surface area (Å²) in [7, 11) is 5.90. The maximum Gasteiger partial charge on any atom is 0.306 e. The minimum absolute atomic E-state index is 0.143. The summed E-state index contributed by atoms with van der Waals surface area (Å²) in [5.41, 5.74) is 0. The quantitative estimate of drug-likeness (QED) is 0.0195. The van der Waals surface area contributed by atoms with E-state index in [0.29, 0.717) is 17.4 Å². The monoisotopic (exact) mass is 884 g/mol. The van der Waals surface area contributed by atoms with E-state index in [-0.39, 0.29) is 38.6 Å². The van der Waals surface area contributed by atoms with Crippen LogP contribution in [0.4, 0.5) is 0 Å². The zero-order valence-electron chi connectivity index (χ0n) is 40.9. The molecule has 0 aromatic carbocycles. The summed E-state index contributed by atoms with van der Waals surface area (Å²) in [5.74, 6) is -2.31. The van der Waals surface area contributed by atoms with E-state index >= 15 is 0 Å². The molecular formula is C54H93NO8. The van der Waals surface area contributed by atoms with Gasteiger partial charge in [0.05, 0.1) is 40.3 Å². The molecule has 0 spiro atoms. The standard InChI is InChI=1S/C54H93NO8/c1-6-8-10-12-14-16-18-19-20-21-22-23-24-25-26-27-28-29-30-31-32-33-35-37-39-41-43-45-52(57)63-50(49-62-54(53(58)59)60-47-46-55(3,4)5)48-61-51(56)44-42-40-38-36-34-17-15-13-11-9-7-2/h8,10,13-16,19-20,22-23,25-26,50,54H,6-7,9,11-12,17-18,21,24,27-49H2,1-5H3/b10-8-,15-13-,16-14-,20-19-,23-22-,26-25-. The molecule has 63 heavy (non-hydrogen) atoms. The number of unbranched alkanes of at least 4 members (excludes halogenated alkanes) is 18. The average Bonchev–Trinajstić information content (AvgIpc) is 3.24. The lowest BCUT2D eigenvalue weighted by molar-refractivity contribution is -0.870. The third-order valence-electron chi connectivity index (χ3n) is 10.4. The Kier molecular flexibility index (Phi) is 43.0. The maximum absolute atomic E-state index is 12.8. The summed E-state index contributed by atoms with van der Waals surface area (Å²) in [6.45, 7) is 4.56. The molecule has 0 saturated carbocycles. The molecule has 0 amide bonds. The minimum Gasteiger partial charge on any atom is -0.545 e. The van der Waals surface area contributed by atoms with E-state index < -0.39 is 24.3 Å². The van der Waals surface area contributed by atoms with Crippen LogP contribution in [0.3, 0.4) is 0 Å². The van der Waals surface area contributed by atoms with Gasteiger partial charge in [-0.15, -0.1) is 0 Å². The SMILES string of the molecule is CC/C=C\C/C=C\C/C=C\C/C=C\C/C=C\CCCCCCCCCCCCCC(=O)OC(COC(=O)CCCCCCC/C=C\CCCC)COC(OCC[N+](C)(C)C)C(=O)[O-]. The Hall–Kier alpha value is -3.27. The first-order valence-electron chi connectivity index (χ1n) is 25.1. The molecule has 9 nitrogen and oxygen atoms in total. The first-order valence-corrected chi connectivity index (χ1v) is 25.1. The molecule has 9 heteroatoms. The second-order valence-corrected chi connectivity index (χ2v) is 17.7. The number of hydrogen-bond acceptors (Lipinski definition) is 8.